The lowest BCUT2D eigenvalue weighted by atomic mass is 9.79. The van der Waals surface area contributed by atoms with E-state index in [1.807, 2.05) is 24.3 Å². The van der Waals surface area contributed by atoms with Crippen molar-refractivity contribution in [2.45, 2.75) is 18.8 Å². The Bertz CT molecular complexity index is 896. The van der Waals surface area contributed by atoms with Crippen molar-refractivity contribution in [1.82, 2.24) is 5.32 Å². The minimum atomic E-state index is -0.228. The average Bonchev–Trinajstić information content (AvgIpc) is 3.07. The zero-order valence-corrected chi connectivity index (χ0v) is 12.6. The van der Waals surface area contributed by atoms with E-state index in [4.69, 9.17) is 9.15 Å². The highest BCUT2D eigenvalue weighted by Gasteiger charge is 2.37. The van der Waals surface area contributed by atoms with E-state index in [1.54, 1.807) is 7.11 Å². The van der Waals surface area contributed by atoms with E-state index < -0.39 is 0 Å². The first-order valence-electron chi connectivity index (χ1n) is 7.38. The maximum Gasteiger partial charge on any atom is 0.220 e. The zero-order chi connectivity index (χ0) is 15.3. The number of hydrogen-bond donors (Lipinski definition) is 1. The van der Waals surface area contributed by atoms with E-state index in [-0.39, 0.29) is 11.3 Å². The number of nitrogens with one attached hydrogen (secondary N) is 1. The molecule has 2 aromatic carbocycles. The summed E-state index contributed by atoms with van der Waals surface area (Å²) in [5.74, 6) is 0.815. The maximum atomic E-state index is 11.7. The lowest BCUT2D eigenvalue weighted by Gasteiger charge is -2.23. The first kappa shape index (κ1) is 13.2. The molecule has 1 saturated heterocycles. The van der Waals surface area contributed by atoms with Crippen molar-refractivity contribution in [1.29, 1.82) is 0 Å². The van der Waals surface area contributed by atoms with E-state index in [0.29, 0.717) is 13.0 Å². The third-order valence-electron chi connectivity index (χ3n) is 4.59. The lowest BCUT2D eigenvalue weighted by molar-refractivity contribution is -0.119. The molecule has 1 aromatic heterocycles. The van der Waals surface area contributed by atoms with Crippen LogP contribution >= 0.6 is 0 Å². The summed E-state index contributed by atoms with van der Waals surface area (Å²) in [6, 6.07) is 12.0. The van der Waals surface area contributed by atoms with Crippen LogP contribution in [-0.4, -0.2) is 19.6 Å². The Balaban J connectivity index is 2.09. The Morgan fingerprint density at radius 1 is 1.23 bits per heavy atom. The molecule has 0 aliphatic carbocycles. The molecule has 3 aromatic rings. The van der Waals surface area contributed by atoms with Gasteiger partial charge in [-0.15, -0.1) is 0 Å². The third-order valence-corrected chi connectivity index (χ3v) is 4.59. The Labute approximate surface area is 128 Å². The molecule has 0 bridgehead atoms. The van der Waals surface area contributed by atoms with Crippen LogP contribution < -0.4 is 10.1 Å². The second kappa shape index (κ2) is 4.50. The van der Waals surface area contributed by atoms with Crippen LogP contribution in [0.15, 0.2) is 40.8 Å². The second-order valence-electron chi connectivity index (χ2n) is 6.13. The molecule has 0 radical (unpaired) electrons. The van der Waals surface area contributed by atoms with Crippen LogP contribution in [0.25, 0.3) is 21.9 Å². The van der Waals surface area contributed by atoms with Crippen LogP contribution in [0.3, 0.4) is 0 Å². The SMILES string of the molecule is COc1ccc([C@]2(C)CNC(=O)C2)c2c1oc1ccccc12. The standard InChI is InChI=1S/C18H17NO3/c1-18(9-15(20)19-10-18)12-7-8-14(21-2)17-16(12)11-5-3-4-6-13(11)22-17/h3-8H,9-10H2,1-2H3,(H,19,20)/t18-/m0/s1. The summed E-state index contributed by atoms with van der Waals surface area (Å²) >= 11 is 0. The Hall–Kier alpha value is -2.49. The summed E-state index contributed by atoms with van der Waals surface area (Å²) in [6.07, 6.45) is 0.494. The highest BCUT2D eigenvalue weighted by Crippen LogP contribution is 2.43. The molecule has 4 nitrogen and oxygen atoms in total. The van der Waals surface area contributed by atoms with Crippen LogP contribution in [-0.2, 0) is 10.2 Å². The molecular formula is C18H17NO3. The molecule has 0 unspecified atom stereocenters. The fraction of sp³-hybridized carbons (Fsp3) is 0.278. The fourth-order valence-electron chi connectivity index (χ4n) is 3.43. The van der Waals surface area contributed by atoms with Crippen LogP contribution in [0.4, 0.5) is 0 Å². The predicted octanol–water partition coefficient (Wildman–Crippen LogP) is 3.37. The van der Waals surface area contributed by atoms with E-state index in [1.165, 1.54) is 0 Å². The normalized spacial score (nSPS) is 21.5. The number of benzene rings is 2. The van der Waals surface area contributed by atoms with Gasteiger partial charge in [0.2, 0.25) is 5.91 Å². The van der Waals surface area contributed by atoms with Gasteiger partial charge in [0.05, 0.1) is 7.11 Å². The lowest BCUT2D eigenvalue weighted by Crippen LogP contribution is -2.25. The molecule has 1 amide bonds. The van der Waals surface area contributed by atoms with Crippen molar-refractivity contribution in [3.05, 3.63) is 42.0 Å². The molecule has 1 N–H and O–H groups in total. The fourth-order valence-corrected chi connectivity index (χ4v) is 3.43. The number of hydrogen-bond acceptors (Lipinski definition) is 3. The quantitative estimate of drug-likeness (QED) is 0.788. The topological polar surface area (TPSA) is 51.5 Å². The molecular weight excluding hydrogens is 278 g/mol. The molecule has 2 heterocycles. The monoisotopic (exact) mass is 295 g/mol. The number of amides is 1. The van der Waals surface area contributed by atoms with Crippen molar-refractivity contribution >= 4 is 27.8 Å². The number of carbonyl (C=O) groups excluding carboxylic acids is 1. The molecule has 1 aliphatic rings. The van der Waals surface area contributed by atoms with Gasteiger partial charge in [-0.2, -0.15) is 0 Å². The molecule has 0 saturated carbocycles. The Morgan fingerprint density at radius 2 is 2.05 bits per heavy atom. The molecule has 1 atom stereocenters. The summed E-state index contributed by atoms with van der Waals surface area (Å²) in [4.78, 5) is 11.7. The molecule has 4 rings (SSSR count). The van der Waals surface area contributed by atoms with Gasteiger partial charge in [0.1, 0.15) is 5.58 Å². The van der Waals surface area contributed by atoms with E-state index in [2.05, 4.69) is 24.4 Å². The van der Waals surface area contributed by atoms with Gasteiger partial charge in [0, 0.05) is 29.2 Å². The van der Waals surface area contributed by atoms with Crippen molar-refractivity contribution in [3.63, 3.8) is 0 Å². The number of furan rings is 1. The zero-order valence-electron chi connectivity index (χ0n) is 12.6. The van der Waals surface area contributed by atoms with Crippen molar-refractivity contribution in [2.24, 2.45) is 0 Å². The first-order chi connectivity index (χ1) is 10.6. The summed E-state index contributed by atoms with van der Waals surface area (Å²) < 4.78 is 11.5. The van der Waals surface area contributed by atoms with Gasteiger partial charge < -0.3 is 14.5 Å². The van der Waals surface area contributed by atoms with Crippen molar-refractivity contribution in [2.75, 3.05) is 13.7 Å². The number of fused-ring (bicyclic) bond motifs is 3. The van der Waals surface area contributed by atoms with Crippen LogP contribution in [0.5, 0.6) is 5.75 Å². The van der Waals surface area contributed by atoms with Crippen LogP contribution in [0.2, 0.25) is 0 Å². The summed E-state index contributed by atoms with van der Waals surface area (Å²) in [5, 5.41) is 5.05. The predicted molar refractivity (Wildman–Crippen MR) is 85.3 cm³/mol. The second-order valence-corrected chi connectivity index (χ2v) is 6.13. The molecule has 1 aliphatic heterocycles. The van der Waals surface area contributed by atoms with E-state index in [9.17, 15) is 4.79 Å². The molecule has 22 heavy (non-hydrogen) atoms. The number of para-hydroxylation sites is 1. The molecule has 4 heteroatoms. The van der Waals surface area contributed by atoms with Crippen LogP contribution in [0.1, 0.15) is 18.9 Å². The maximum absolute atomic E-state index is 11.7. The van der Waals surface area contributed by atoms with E-state index >= 15 is 0 Å². The van der Waals surface area contributed by atoms with Gasteiger partial charge in [-0.25, -0.2) is 0 Å². The molecule has 1 fully saturated rings. The highest BCUT2D eigenvalue weighted by molar-refractivity contribution is 6.09. The summed E-state index contributed by atoms with van der Waals surface area (Å²) in [5.41, 5.74) is 2.49. The summed E-state index contributed by atoms with van der Waals surface area (Å²) in [6.45, 7) is 2.76. The third kappa shape index (κ3) is 1.73. The van der Waals surface area contributed by atoms with Gasteiger partial charge in [0.25, 0.3) is 0 Å². The minimum absolute atomic E-state index is 0.0965. The number of methoxy groups -OCH3 is 1. The number of rotatable bonds is 2. The van der Waals surface area contributed by atoms with Gasteiger partial charge in [-0.3, -0.25) is 4.79 Å². The largest absolute Gasteiger partial charge is 0.493 e. The van der Waals surface area contributed by atoms with Gasteiger partial charge in [-0.05, 0) is 17.7 Å². The number of ether oxygens (including phenoxy) is 1. The smallest absolute Gasteiger partial charge is 0.220 e. The molecule has 112 valence electrons. The first-order valence-corrected chi connectivity index (χ1v) is 7.38. The molecule has 0 spiro atoms. The Morgan fingerprint density at radius 3 is 2.77 bits per heavy atom. The average molecular weight is 295 g/mol. The van der Waals surface area contributed by atoms with Crippen molar-refractivity contribution in [3.8, 4) is 5.75 Å². The minimum Gasteiger partial charge on any atom is -0.493 e. The van der Waals surface area contributed by atoms with Gasteiger partial charge in [0.15, 0.2) is 11.3 Å². The number of carbonyl (C=O) groups is 1. The Kier molecular flexibility index (Phi) is 2.70. The van der Waals surface area contributed by atoms with Crippen LogP contribution in [0, 0.1) is 0 Å². The van der Waals surface area contributed by atoms with Crippen molar-refractivity contribution < 1.29 is 13.9 Å². The van der Waals surface area contributed by atoms with E-state index in [0.717, 1.165) is 33.3 Å². The summed E-state index contributed by atoms with van der Waals surface area (Å²) in [7, 11) is 1.64. The highest BCUT2D eigenvalue weighted by atomic mass is 16.5. The van der Waals surface area contributed by atoms with Gasteiger partial charge in [-0.1, -0.05) is 31.2 Å². The van der Waals surface area contributed by atoms with Gasteiger partial charge >= 0.3 is 0 Å².